The van der Waals surface area contributed by atoms with Crippen molar-refractivity contribution in [1.29, 1.82) is 0 Å². The van der Waals surface area contributed by atoms with Crippen molar-refractivity contribution in [2.24, 2.45) is 0 Å². The number of carbonyl (C=O) groups excluding carboxylic acids is 1. The van der Waals surface area contributed by atoms with Gasteiger partial charge in [0, 0.05) is 5.56 Å². The highest BCUT2D eigenvalue weighted by atomic mass is 32.2. The Labute approximate surface area is 157 Å². The van der Waals surface area contributed by atoms with E-state index in [1.165, 1.54) is 39.8 Å². The Hall–Kier alpha value is -1.66. The van der Waals surface area contributed by atoms with Crippen LogP contribution in [0, 0.1) is 20.8 Å². The largest absolute Gasteiger partial charge is 0.302 e. The number of benzene rings is 1. The molecular formula is C19H23N3OS2. The minimum atomic E-state index is -0.354. The van der Waals surface area contributed by atoms with Gasteiger partial charge in [-0.3, -0.25) is 4.79 Å². The summed E-state index contributed by atoms with van der Waals surface area (Å²) in [6, 6.07) is 4.33. The highest BCUT2D eigenvalue weighted by molar-refractivity contribution is 8.01. The maximum atomic E-state index is 13.1. The van der Waals surface area contributed by atoms with E-state index in [9.17, 15) is 4.79 Å². The zero-order chi connectivity index (χ0) is 18.4. The van der Waals surface area contributed by atoms with Crippen molar-refractivity contribution < 1.29 is 4.79 Å². The lowest BCUT2D eigenvalue weighted by Gasteiger charge is -2.42. The van der Waals surface area contributed by atoms with Crippen molar-refractivity contribution in [3.8, 4) is 0 Å². The van der Waals surface area contributed by atoms with E-state index in [0.717, 1.165) is 20.6 Å². The van der Waals surface area contributed by atoms with Gasteiger partial charge in [-0.05, 0) is 70.4 Å². The molecule has 0 aliphatic carbocycles. The smallest absolute Gasteiger partial charge is 0.238 e. The Balaban J connectivity index is 1.94. The molecule has 132 valence electrons. The number of amides is 1. The number of hydrogen-bond acceptors (Lipinski definition) is 5. The first kappa shape index (κ1) is 18.1. The molecule has 0 saturated carbocycles. The second kappa shape index (κ2) is 6.57. The van der Waals surface area contributed by atoms with Gasteiger partial charge < -0.3 is 4.90 Å². The summed E-state index contributed by atoms with van der Waals surface area (Å²) in [7, 11) is 0. The quantitative estimate of drug-likeness (QED) is 0.726. The van der Waals surface area contributed by atoms with Crippen LogP contribution in [0.4, 0.5) is 5.69 Å². The van der Waals surface area contributed by atoms with E-state index >= 15 is 0 Å². The van der Waals surface area contributed by atoms with Gasteiger partial charge in [-0.15, -0.1) is 10.2 Å². The fraction of sp³-hybridized carbons (Fsp3) is 0.421. The fourth-order valence-electron chi connectivity index (χ4n) is 3.26. The first-order valence-electron chi connectivity index (χ1n) is 8.26. The average molecular weight is 374 g/mol. The lowest BCUT2D eigenvalue weighted by Crippen LogP contribution is -2.49. The van der Waals surface area contributed by atoms with Gasteiger partial charge in [0.05, 0.1) is 17.0 Å². The van der Waals surface area contributed by atoms with E-state index in [0.29, 0.717) is 5.75 Å². The van der Waals surface area contributed by atoms with Gasteiger partial charge >= 0.3 is 0 Å². The average Bonchev–Trinajstić information content (AvgIpc) is 2.92. The second-order valence-electron chi connectivity index (χ2n) is 7.04. The first-order valence-corrected chi connectivity index (χ1v) is 10.1. The maximum absolute atomic E-state index is 13.1. The SMILES string of the molecule is CC1=CC(C)(C)N(C(=O)CSc2nnc(C)s2)c2cc(C)c(C)cc21. The Morgan fingerprint density at radius 3 is 2.48 bits per heavy atom. The monoisotopic (exact) mass is 373 g/mol. The lowest BCUT2D eigenvalue weighted by atomic mass is 9.87. The standard InChI is InChI=1S/C19H23N3OS2/c1-11-7-15-13(3)9-19(5,6)22(16(15)8-12(11)2)17(23)10-24-18-21-20-14(4)25-18/h7-9H,10H2,1-6H3. The number of nitrogens with zero attached hydrogens (tertiary/aromatic N) is 3. The predicted octanol–water partition coefficient (Wildman–Crippen LogP) is 4.78. The van der Waals surface area contributed by atoms with E-state index in [1.54, 1.807) is 0 Å². The third-order valence-corrected chi connectivity index (χ3v) is 6.46. The van der Waals surface area contributed by atoms with Gasteiger partial charge in [0.1, 0.15) is 5.01 Å². The number of rotatable bonds is 3. The van der Waals surface area contributed by atoms with Crippen LogP contribution >= 0.6 is 23.1 Å². The van der Waals surface area contributed by atoms with Crippen LogP contribution in [0.5, 0.6) is 0 Å². The second-order valence-corrected chi connectivity index (χ2v) is 9.44. The minimum Gasteiger partial charge on any atom is -0.302 e. The normalized spacial score (nSPS) is 15.8. The third kappa shape index (κ3) is 3.51. The molecular weight excluding hydrogens is 350 g/mol. The lowest BCUT2D eigenvalue weighted by molar-refractivity contribution is -0.116. The van der Waals surface area contributed by atoms with Crippen molar-refractivity contribution in [2.75, 3.05) is 10.7 Å². The van der Waals surface area contributed by atoms with Crippen molar-refractivity contribution in [3.05, 3.63) is 39.9 Å². The number of allylic oxidation sites excluding steroid dienone is 1. The Morgan fingerprint density at radius 2 is 1.84 bits per heavy atom. The molecule has 0 fully saturated rings. The van der Waals surface area contributed by atoms with Crippen LogP contribution in [-0.2, 0) is 4.79 Å². The van der Waals surface area contributed by atoms with Crippen LogP contribution in [0.15, 0.2) is 22.5 Å². The van der Waals surface area contributed by atoms with E-state index in [1.807, 2.05) is 11.8 Å². The van der Waals surface area contributed by atoms with Crippen molar-refractivity contribution in [2.45, 2.75) is 51.4 Å². The molecule has 1 aromatic heterocycles. The van der Waals surface area contributed by atoms with Crippen LogP contribution in [-0.4, -0.2) is 27.4 Å². The number of fused-ring (bicyclic) bond motifs is 1. The Kier molecular flexibility index (Phi) is 4.77. The van der Waals surface area contributed by atoms with Gasteiger partial charge in [-0.25, -0.2) is 0 Å². The summed E-state index contributed by atoms with van der Waals surface area (Å²) in [6.07, 6.45) is 2.18. The summed E-state index contributed by atoms with van der Waals surface area (Å²) in [5, 5.41) is 9.04. The van der Waals surface area contributed by atoms with Crippen LogP contribution in [0.2, 0.25) is 0 Å². The summed E-state index contributed by atoms with van der Waals surface area (Å²) in [4.78, 5) is 15.0. The summed E-state index contributed by atoms with van der Waals surface area (Å²) in [5.74, 6) is 0.452. The van der Waals surface area contributed by atoms with Gasteiger partial charge in [0.2, 0.25) is 5.91 Å². The van der Waals surface area contributed by atoms with E-state index < -0.39 is 0 Å². The van der Waals surface area contributed by atoms with Gasteiger partial charge in [-0.1, -0.05) is 29.2 Å². The van der Waals surface area contributed by atoms with Crippen molar-refractivity contribution >= 4 is 40.3 Å². The fourth-order valence-corrected chi connectivity index (χ4v) is 4.93. The zero-order valence-corrected chi connectivity index (χ0v) is 17.1. The van der Waals surface area contributed by atoms with Crippen molar-refractivity contribution in [3.63, 3.8) is 0 Å². The number of aryl methyl sites for hydroxylation is 3. The van der Waals surface area contributed by atoms with E-state index in [-0.39, 0.29) is 11.4 Å². The maximum Gasteiger partial charge on any atom is 0.238 e. The molecule has 2 heterocycles. The molecule has 0 bridgehead atoms. The molecule has 1 aliphatic heterocycles. The number of thioether (sulfide) groups is 1. The first-order chi connectivity index (χ1) is 11.7. The summed E-state index contributed by atoms with van der Waals surface area (Å²) >= 11 is 2.98. The molecule has 0 unspecified atom stereocenters. The summed E-state index contributed by atoms with van der Waals surface area (Å²) < 4.78 is 0.840. The van der Waals surface area contributed by atoms with Gasteiger partial charge in [-0.2, -0.15) is 0 Å². The molecule has 1 amide bonds. The summed E-state index contributed by atoms with van der Waals surface area (Å²) in [5.41, 5.74) is 5.47. The molecule has 1 aromatic carbocycles. The van der Waals surface area contributed by atoms with Crippen LogP contribution < -0.4 is 4.90 Å². The molecule has 0 saturated heterocycles. The molecule has 3 rings (SSSR count). The van der Waals surface area contributed by atoms with Crippen molar-refractivity contribution in [1.82, 2.24) is 10.2 Å². The number of carbonyl (C=O) groups is 1. The van der Waals surface area contributed by atoms with E-state index in [4.69, 9.17) is 0 Å². The summed E-state index contributed by atoms with van der Waals surface area (Å²) in [6.45, 7) is 12.4. The highest BCUT2D eigenvalue weighted by Crippen LogP contribution is 2.40. The number of aromatic nitrogens is 2. The minimum absolute atomic E-state index is 0.0936. The molecule has 0 atom stereocenters. The van der Waals surface area contributed by atoms with Crippen LogP contribution in [0.25, 0.3) is 5.57 Å². The number of hydrogen-bond donors (Lipinski definition) is 0. The molecule has 4 nitrogen and oxygen atoms in total. The molecule has 6 heteroatoms. The Morgan fingerprint density at radius 1 is 1.16 bits per heavy atom. The highest BCUT2D eigenvalue weighted by Gasteiger charge is 2.35. The van der Waals surface area contributed by atoms with Gasteiger partial charge in [0.15, 0.2) is 4.34 Å². The van der Waals surface area contributed by atoms with Crippen LogP contribution in [0.1, 0.15) is 42.5 Å². The molecule has 0 radical (unpaired) electrons. The molecule has 1 aliphatic rings. The van der Waals surface area contributed by atoms with E-state index in [2.05, 4.69) is 63.0 Å². The molecule has 2 aromatic rings. The van der Waals surface area contributed by atoms with Crippen LogP contribution in [0.3, 0.4) is 0 Å². The number of anilines is 1. The Bertz CT molecular complexity index is 868. The zero-order valence-electron chi connectivity index (χ0n) is 15.5. The van der Waals surface area contributed by atoms with Gasteiger partial charge in [0.25, 0.3) is 0 Å². The molecule has 25 heavy (non-hydrogen) atoms. The third-order valence-electron chi connectivity index (χ3n) is 4.50. The molecule has 0 N–H and O–H groups in total. The molecule has 0 spiro atoms. The topological polar surface area (TPSA) is 46.1 Å². The predicted molar refractivity (Wildman–Crippen MR) is 107 cm³/mol.